The quantitative estimate of drug-likeness (QED) is 0.469. The number of aromatic nitrogens is 1. The summed E-state index contributed by atoms with van der Waals surface area (Å²) in [6.07, 6.45) is 1.88. The molecule has 1 heterocycles. The molecule has 3 rings (SSSR count). The molecular formula is C28H35NO5. The van der Waals surface area contributed by atoms with Crippen LogP contribution in [0.2, 0.25) is 0 Å². The Hall–Kier alpha value is -3.04. The van der Waals surface area contributed by atoms with Crippen molar-refractivity contribution in [3.05, 3.63) is 58.4 Å². The van der Waals surface area contributed by atoms with E-state index in [1.807, 2.05) is 6.07 Å². The van der Waals surface area contributed by atoms with Crippen LogP contribution in [0, 0.1) is 11.8 Å². The van der Waals surface area contributed by atoms with E-state index < -0.39 is 23.8 Å². The lowest BCUT2D eigenvalue weighted by atomic mass is 9.63. The third-order valence-electron chi connectivity index (χ3n) is 6.35. The van der Waals surface area contributed by atoms with E-state index in [1.165, 1.54) is 30.5 Å². The fraction of sp³-hybridized carbons (Fsp3) is 0.500. The number of esters is 1. The summed E-state index contributed by atoms with van der Waals surface area (Å²) in [4.78, 5) is 24.7. The number of hydrogen-bond donors (Lipinski definition) is 1. The molecule has 1 aliphatic carbocycles. The summed E-state index contributed by atoms with van der Waals surface area (Å²) in [5.74, 6) is 5.04. The molecule has 0 radical (unpaired) electrons. The van der Waals surface area contributed by atoms with Gasteiger partial charge in [0.05, 0.1) is 7.11 Å². The number of aliphatic hydroxyl groups is 1. The van der Waals surface area contributed by atoms with Crippen LogP contribution in [0.1, 0.15) is 100 Å². The average molecular weight is 466 g/mol. The first kappa shape index (κ1) is 25.6. The van der Waals surface area contributed by atoms with Gasteiger partial charge in [0, 0.05) is 11.8 Å². The molecule has 34 heavy (non-hydrogen) atoms. The van der Waals surface area contributed by atoms with Crippen LogP contribution in [-0.4, -0.2) is 34.4 Å². The summed E-state index contributed by atoms with van der Waals surface area (Å²) in [6.45, 7) is 14.2. The molecule has 0 aliphatic heterocycles. The minimum atomic E-state index is -1.02. The van der Waals surface area contributed by atoms with E-state index in [2.05, 4.69) is 51.7 Å². The van der Waals surface area contributed by atoms with Crippen molar-refractivity contribution in [2.75, 3.05) is 7.11 Å². The lowest BCUT2D eigenvalue weighted by Gasteiger charge is -2.42. The third kappa shape index (κ3) is 5.37. The van der Waals surface area contributed by atoms with E-state index in [9.17, 15) is 14.7 Å². The molecule has 0 amide bonds. The Balaban J connectivity index is 1.93. The van der Waals surface area contributed by atoms with Gasteiger partial charge in [-0.05, 0) is 67.2 Å². The minimum Gasteiger partial charge on any atom is -0.464 e. The zero-order valence-electron chi connectivity index (χ0n) is 21.4. The van der Waals surface area contributed by atoms with Crippen molar-refractivity contribution in [1.82, 2.24) is 4.57 Å². The number of carbonyl (C=O) groups is 2. The SMILES string of the molecule is COC(=O)c1cc(C#CC(O)c2ccc3c(c2)C(C)(C)CCC3(C)C)cn1C(=O)OC(C)(C)C. The maximum absolute atomic E-state index is 12.6. The van der Waals surface area contributed by atoms with E-state index in [4.69, 9.17) is 9.47 Å². The van der Waals surface area contributed by atoms with Crippen molar-refractivity contribution in [3.63, 3.8) is 0 Å². The van der Waals surface area contributed by atoms with Crippen molar-refractivity contribution in [2.45, 2.75) is 83.8 Å². The second-order valence-corrected chi connectivity index (χ2v) is 11.2. The molecule has 1 unspecified atom stereocenters. The number of fused-ring (bicyclic) bond motifs is 1. The Bertz CT molecular complexity index is 1170. The van der Waals surface area contributed by atoms with Crippen LogP contribution in [-0.2, 0) is 20.3 Å². The molecule has 182 valence electrons. The molecular weight excluding hydrogens is 430 g/mol. The number of rotatable bonds is 2. The maximum Gasteiger partial charge on any atom is 0.419 e. The van der Waals surface area contributed by atoms with Gasteiger partial charge in [-0.1, -0.05) is 57.7 Å². The summed E-state index contributed by atoms with van der Waals surface area (Å²) in [5, 5.41) is 10.8. The van der Waals surface area contributed by atoms with Gasteiger partial charge in [0.15, 0.2) is 0 Å². The summed E-state index contributed by atoms with van der Waals surface area (Å²) in [5.41, 5.74) is 3.06. The molecule has 0 bridgehead atoms. The number of carbonyl (C=O) groups excluding carboxylic acids is 2. The Morgan fingerprint density at radius 2 is 1.68 bits per heavy atom. The van der Waals surface area contributed by atoms with E-state index >= 15 is 0 Å². The van der Waals surface area contributed by atoms with Crippen molar-refractivity contribution < 1.29 is 24.2 Å². The first-order chi connectivity index (χ1) is 15.6. The summed E-state index contributed by atoms with van der Waals surface area (Å²) in [7, 11) is 1.24. The molecule has 1 aliphatic rings. The largest absolute Gasteiger partial charge is 0.464 e. The van der Waals surface area contributed by atoms with Crippen LogP contribution < -0.4 is 0 Å². The highest BCUT2D eigenvalue weighted by Crippen LogP contribution is 2.46. The van der Waals surface area contributed by atoms with Crippen LogP contribution in [0.25, 0.3) is 0 Å². The highest BCUT2D eigenvalue weighted by atomic mass is 16.6. The molecule has 6 nitrogen and oxygen atoms in total. The maximum atomic E-state index is 12.6. The molecule has 1 N–H and O–H groups in total. The zero-order valence-corrected chi connectivity index (χ0v) is 21.4. The fourth-order valence-corrected chi connectivity index (χ4v) is 4.27. The van der Waals surface area contributed by atoms with E-state index in [0.717, 1.165) is 23.0 Å². The number of nitrogens with zero attached hydrogens (tertiary/aromatic N) is 1. The van der Waals surface area contributed by atoms with E-state index in [1.54, 1.807) is 20.8 Å². The van der Waals surface area contributed by atoms with Crippen LogP contribution in [0.3, 0.4) is 0 Å². The van der Waals surface area contributed by atoms with Gasteiger partial charge in [0.1, 0.15) is 17.4 Å². The molecule has 1 aromatic heterocycles. The van der Waals surface area contributed by atoms with Gasteiger partial charge in [-0.2, -0.15) is 0 Å². The zero-order chi connectivity index (χ0) is 25.5. The molecule has 0 fully saturated rings. The summed E-state index contributed by atoms with van der Waals surface area (Å²) in [6, 6.07) is 7.53. The Labute approximate surface area is 202 Å². The molecule has 6 heteroatoms. The van der Waals surface area contributed by atoms with Gasteiger partial charge in [0.25, 0.3) is 0 Å². The Morgan fingerprint density at radius 3 is 2.26 bits per heavy atom. The van der Waals surface area contributed by atoms with Gasteiger partial charge in [-0.3, -0.25) is 0 Å². The van der Waals surface area contributed by atoms with Crippen molar-refractivity contribution in [1.29, 1.82) is 0 Å². The predicted octanol–water partition coefficient (Wildman–Crippen LogP) is 5.49. The summed E-state index contributed by atoms with van der Waals surface area (Å²) >= 11 is 0. The second-order valence-electron chi connectivity index (χ2n) is 11.2. The molecule has 0 saturated carbocycles. The topological polar surface area (TPSA) is 77.8 Å². The molecule has 1 atom stereocenters. The normalized spacial score (nSPS) is 17.1. The van der Waals surface area contributed by atoms with Crippen LogP contribution in [0.5, 0.6) is 0 Å². The first-order valence-electron chi connectivity index (χ1n) is 11.5. The highest BCUT2D eigenvalue weighted by Gasteiger charge is 2.37. The van der Waals surface area contributed by atoms with E-state index in [0.29, 0.717) is 5.56 Å². The predicted molar refractivity (Wildman–Crippen MR) is 131 cm³/mol. The number of benzene rings is 1. The second kappa shape index (κ2) is 8.96. The standard InChI is InChI=1S/C28H35NO5/c1-26(2,3)34-25(32)29-17-18(15-22(29)24(31)33-8)9-12-23(30)19-10-11-20-21(16-19)28(6,7)14-13-27(20,4)5/h10-11,15-17,23,30H,13-14H2,1-8H3. The number of methoxy groups -OCH3 is 1. The van der Waals surface area contributed by atoms with Crippen LogP contribution in [0.4, 0.5) is 4.79 Å². The van der Waals surface area contributed by atoms with Gasteiger partial charge < -0.3 is 14.6 Å². The highest BCUT2D eigenvalue weighted by molar-refractivity contribution is 5.92. The molecule has 0 saturated heterocycles. The summed E-state index contributed by atoms with van der Waals surface area (Å²) < 4.78 is 11.2. The van der Waals surface area contributed by atoms with Crippen LogP contribution >= 0.6 is 0 Å². The Kier molecular flexibility index (Phi) is 6.74. The van der Waals surface area contributed by atoms with Gasteiger partial charge in [0.2, 0.25) is 0 Å². The van der Waals surface area contributed by atoms with Gasteiger partial charge >= 0.3 is 12.1 Å². The average Bonchev–Trinajstić information content (AvgIpc) is 3.18. The van der Waals surface area contributed by atoms with Gasteiger partial charge in [-0.25, -0.2) is 14.2 Å². The van der Waals surface area contributed by atoms with Crippen molar-refractivity contribution in [3.8, 4) is 11.8 Å². The minimum absolute atomic E-state index is 0.00769. The number of aliphatic hydroxyl groups excluding tert-OH is 1. The first-order valence-corrected chi connectivity index (χ1v) is 11.5. The number of hydrogen-bond acceptors (Lipinski definition) is 5. The lowest BCUT2D eigenvalue weighted by Crippen LogP contribution is -2.34. The van der Waals surface area contributed by atoms with Crippen molar-refractivity contribution >= 4 is 12.1 Å². The number of ether oxygens (including phenoxy) is 2. The molecule has 1 aromatic carbocycles. The third-order valence-corrected chi connectivity index (χ3v) is 6.35. The fourth-order valence-electron chi connectivity index (χ4n) is 4.27. The van der Waals surface area contributed by atoms with Gasteiger partial charge in [-0.15, -0.1) is 0 Å². The van der Waals surface area contributed by atoms with Crippen molar-refractivity contribution in [2.24, 2.45) is 0 Å². The lowest BCUT2D eigenvalue weighted by molar-refractivity contribution is 0.0483. The van der Waals surface area contributed by atoms with Crippen LogP contribution in [0.15, 0.2) is 30.5 Å². The molecule has 0 spiro atoms. The smallest absolute Gasteiger partial charge is 0.419 e. The monoisotopic (exact) mass is 465 g/mol. The Morgan fingerprint density at radius 1 is 1.06 bits per heavy atom. The van der Waals surface area contributed by atoms with E-state index in [-0.39, 0.29) is 16.5 Å². The molecule has 2 aromatic rings.